The Morgan fingerprint density at radius 1 is 1.09 bits per heavy atom. The third-order valence-corrected chi connectivity index (χ3v) is 4.69. The van der Waals surface area contributed by atoms with Gasteiger partial charge in [-0.2, -0.15) is 0 Å². The molecular formula is C14H9Br2N3O3. The summed E-state index contributed by atoms with van der Waals surface area (Å²) < 4.78 is 6.84. The third-order valence-electron chi connectivity index (χ3n) is 3.78. The number of benzene rings is 1. The maximum Gasteiger partial charge on any atom is 0.337 e. The van der Waals surface area contributed by atoms with E-state index < -0.39 is 11.9 Å². The van der Waals surface area contributed by atoms with E-state index in [1.807, 2.05) is 18.2 Å². The summed E-state index contributed by atoms with van der Waals surface area (Å²) in [5, 5.41) is 8.44. The summed E-state index contributed by atoms with van der Waals surface area (Å²) >= 11 is 6.89. The molecule has 0 saturated carbocycles. The van der Waals surface area contributed by atoms with Gasteiger partial charge in [-0.05, 0) is 23.8 Å². The number of aromatic nitrogens is 2. The molecule has 3 N–H and O–H groups in total. The number of aromatic amines is 2. The molecule has 22 heavy (non-hydrogen) atoms. The molecule has 0 aliphatic carbocycles. The van der Waals surface area contributed by atoms with Crippen molar-refractivity contribution < 1.29 is 9.53 Å². The topological polar surface area (TPSA) is 87.0 Å². The van der Waals surface area contributed by atoms with Crippen molar-refractivity contribution in [3.05, 3.63) is 59.9 Å². The van der Waals surface area contributed by atoms with Crippen LogP contribution in [0, 0.1) is 0 Å². The Labute approximate surface area is 141 Å². The highest BCUT2D eigenvalue weighted by Gasteiger charge is 2.40. The van der Waals surface area contributed by atoms with Crippen molar-refractivity contribution in [1.82, 2.24) is 10.2 Å². The molecule has 0 saturated heterocycles. The molecule has 0 spiro atoms. The van der Waals surface area contributed by atoms with Gasteiger partial charge in [0.2, 0.25) is 0 Å². The number of cyclic esters (lactones) is 1. The third kappa shape index (κ3) is 1.98. The molecule has 4 rings (SSSR count). The lowest BCUT2D eigenvalue weighted by Crippen LogP contribution is -2.23. The van der Waals surface area contributed by atoms with Gasteiger partial charge in [-0.25, -0.2) is 4.79 Å². The van der Waals surface area contributed by atoms with E-state index in [4.69, 9.17) is 4.74 Å². The Bertz CT molecular complexity index is 877. The summed E-state index contributed by atoms with van der Waals surface area (Å²) in [4.78, 5) is 24.3. The molecule has 2 aliphatic rings. The van der Waals surface area contributed by atoms with E-state index >= 15 is 0 Å². The van der Waals surface area contributed by atoms with E-state index in [-0.39, 0.29) is 12.2 Å². The zero-order valence-electron chi connectivity index (χ0n) is 11.0. The van der Waals surface area contributed by atoms with Crippen LogP contribution in [0.4, 0.5) is 5.82 Å². The summed E-state index contributed by atoms with van der Waals surface area (Å²) in [6, 6.07) is 5.69. The Balaban J connectivity index is 1.99. The van der Waals surface area contributed by atoms with Crippen LogP contribution in [-0.4, -0.2) is 22.8 Å². The first-order valence-corrected chi connectivity index (χ1v) is 8.07. The minimum atomic E-state index is -0.468. The first-order valence-electron chi connectivity index (χ1n) is 6.48. The number of rotatable bonds is 1. The highest BCUT2D eigenvalue weighted by molar-refractivity contribution is 9.11. The second kappa shape index (κ2) is 4.85. The van der Waals surface area contributed by atoms with Crippen LogP contribution in [-0.2, 0) is 9.53 Å². The van der Waals surface area contributed by atoms with Gasteiger partial charge in [0.25, 0.3) is 5.56 Å². The van der Waals surface area contributed by atoms with Crippen molar-refractivity contribution in [3.8, 4) is 0 Å². The number of H-pyrrole nitrogens is 2. The number of halogens is 2. The lowest BCUT2D eigenvalue weighted by Gasteiger charge is -2.23. The average Bonchev–Trinajstić information content (AvgIpc) is 3.00. The van der Waals surface area contributed by atoms with Crippen LogP contribution in [0.15, 0.2) is 43.2 Å². The largest absolute Gasteiger partial charge is 0.456 e. The SMILES string of the molecule is O=C1OCC2=C1C(c1cc(Br)cc(Br)c1)c1c([nH][nH]c1=O)N2. The Kier molecular flexibility index (Phi) is 3.05. The standard InChI is InChI=1S/C14H9Br2N3O3/c15-6-1-5(2-7(16)3-6)9-10-8(4-22-14(10)21)17-12-11(9)13(20)19-18-12/h1-3,9H,4H2,(H3,17,18,19,20). The van der Waals surface area contributed by atoms with Gasteiger partial charge in [-0.15, -0.1) is 0 Å². The zero-order chi connectivity index (χ0) is 15.4. The first-order chi connectivity index (χ1) is 10.5. The summed E-state index contributed by atoms with van der Waals surface area (Å²) in [7, 11) is 0. The van der Waals surface area contributed by atoms with E-state index in [1.165, 1.54) is 0 Å². The molecule has 1 aromatic carbocycles. The van der Waals surface area contributed by atoms with E-state index in [2.05, 4.69) is 47.4 Å². The highest BCUT2D eigenvalue weighted by atomic mass is 79.9. The molecule has 0 radical (unpaired) electrons. The molecule has 1 unspecified atom stereocenters. The van der Waals surface area contributed by atoms with Crippen molar-refractivity contribution in [3.63, 3.8) is 0 Å². The van der Waals surface area contributed by atoms with Crippen LogP contribution in [0.2, 0.25) is 0 Å². The number of fused-ring (bicyclic) bond motifs is 1. The fourth-order valence-corrected chi connectivity index (χ4v) is 4.25. The molecule has 3 heterocycles. The quantitative estimate of drug-likeness (QED) is 0.611. The minimum absolute atomic E-state index is 0.187. The van der Waals surface area contributed by atoms with Crippen LogP contribution in [0.1, 0.15) is 17.0 Å². The van der Waals surface area contributed by atoms with E-state index in [0.29, 0.717) is 22.7 Å². The summed E-state index contributed by atoms with van der Waals surface area (Å²) in [5.41, 5.74) is 2.24. The summed E-state index contributed by atoms with van der Waals surface area (Å²) in [5.74, 6) is -0.289. The fourth-order valence-electron chi connectivity index (χ4n) is 2.92. The molecular weight excluding hydrogens is 418 g/mol. The number of esters is 1. The minimum Gasteiger partial charge on any atom is -0.456 e. The Hall–Kier alpha value is -1.80. The fraction of sp³-hybridized carbons (Fsp3) is 0.143. The summed E-state index contributed by atoms with van der Waals surface area (Å²) in [6.45, 7) is 0.187. The normalized spacial score (nSPS) is 19.5. The molecule has 2 aliphatic heterocycles. The first kappa shape index (κ1) is 13.8. The molecule has 1 aromatic heterocycles. The maximum absolute atomic E-state index is 12.2. The van der Waals surface area contributed by atoms with Crippen LogP contribution in [0.25, 0.3) is 0 Å². The second-order valence-corrected chi connectivity index (χ2v) is 6.93. The number of anilines is 1. The molecule has 0 bridgehead atoms. The second-order valence-electron chi connectivity index (χ2n) is 5.10. The number of ether oxygens (including phenoxy) is 1. The monoisotopic (exact) mass is 425 g/mol. The predicted molar refractivity (Wildman–Crippen MR) is 86.7 cm³/mol. The molecule has 0 amide bonds. The lowest BCUT2D eigenvalue weighted by atomic mass is 9.83. The van der Waals surface area contributed by atoms with Crippen molar-refractivity contribution in [2.75, 3.05) is 11.9 Å². The van der Waals surface area contributed by atoms with Crippen molar-refractivity contribution in [2.24, 2.45) is 0 Å². The van der Waals surface area contributed by atoms with Gasteiger partial charge in [0.1, 0.15) is 12.4 Å². The number of carbonyl (C=O) groups excluding carboxylic acids is 1. The predicted octanol–water partition coefficient (Wildman–Crippen LogP) is 2.60. The number of hydrogen-bond donors (Lipinski definition) is 3. The molecule has 0 fully saturated rings. The van der Waals surface area contributed by atoms with Crippen LogP contribution >= 0.6 is 31.9 Å². The van der Waals surface area contributed by atoms with Crippen LogP contribution in [0.5, 0.6) is 0 Å². The van der Waals surface area contributed by atoms with Crippen molar-refractivity contribution in [1.29, 1.82) is 0 Å². The van der Waals surface area contributed by atoms with Gasteiger partial charge in [0, 0.05) is 8.95 Å². The molecule has 2 aromatic rings. The maximum atomic E-state index is 12.2. The Morgan fingerprint density at radius 3 is 2.55 bits per heavy atom. The zero-order valence-corrected chi connectivity index (χ0v) is 14.2. The lowest BCUT2D eigenvalue weighted by molar-refractivity contribution is -0.136. The molecule has 1 atom stereocenters. The number of nitrogens with one attached hydrogen (secondary N) is 3. The number of carbonyl (C=O) groups is 1. The van der Waals surface area contributed by atoms with Gasteiger partial charge in [0.05, 0.1) is 22.8 Å². The van der Waals surface area contributed by atoms with Crippen molar-refractivity contribution >= 4 is 43.6 Å². The van der Waals surface area contributed by atoms with E-state index in [0.717, 1.165) is 14.5 Å². The Morgan fingerprint density at radius 2 is 1.82 bits per heavy atom. The van der Waals surface area contributed by atoms with Crippen LogP contribution in [0.3, 0.4) is 0 Å². The van der Waals surface area contributed by atoms with Gasteiger partial charge in [-0.1, -0.05) is 31.9 Å². The van der Waals surface area contributed by atoms with Crippen LogP contribution < -0.4 is 10.9 Å². The smallest absolute Gasteiger partial charge is 0.337 e. The van der Waals surface area contributed by atoms with Crippen molar-refractivity contribution in [2.45, 2.75) is 5.92 Å². The molecule has 6 nitrogen and oxygen atoms in total. The van der Waals surface area contributed by atoms with Gasteiger partial charge in [-0.3, -0.25) is 15.0 Å². The van der Waals surface area contributed by atoms with Gasteiger partial charge >= 0.3 is 5.97 Å². The molecule has 8 heteroatoms. The van der Waals surface area contributed by atoms with E-state index in [9.17, 15) is 9.59 Å². The number of hydrogen-bond acceptors (Lipinski definition) is 4. The van der Waals surface area contributed by atoms with Gasteiger partial charge < -0.3 is 10.1 Å². The average molecular weight is 427 g/mol. The van der Waals surface area contributed by atoms with Gasteiger partial charge in [0.15, 0.2) is 0 Å². The molecule has 112 valence electrons. The van der Waals surface area contributed by atoms with E-state index in [1.54, 1.807) is 0 Å². The summed E-state index contributed by atoms with van der Waals surface area (Å²) in [6.07, 6.45) is 0. The highest BCUT2D eigenvalue weighted by Crippen LogP contribution is 2.43.